The first-order chi connectivity index (χ1) is 11.9. The van der Waals surface area contributed by atoms with Crippen LogP contribution < -0.4 is 0 Å². The van der Waals surface area contributed by atoms with Crippen LogP contribution in [-0.4, -0.2) is 67.7 Å². The van der Waals surface area contributed by atoms with Crippen molar-refractivity contribution in [2.75, 3.05) is 45.7 Å². The zero-order valence-electron chi connectivity index (χ0n) is 17.1. The van der Waals surface area contributed by atoms with Crippen molar-refractivity contribution in [3.05, 3.63) is 0 Å². The smallest absolute Gasteiger partial charge is 0.417 e. The monoisotopic (exact) mass is 377 g/mol. The number of carboxylic acid groups (broad SMARTS) is 1. The zero-order valence-corrected chi connectivity index (χ0v) is 17.9. The first-order valence-corrected chi connectivity index (χ1v) is 11.6. The fraction of sp³-hybridized carbons (Fsp3) is 0.895. The Morgan fingerprint density at radius 2 is 1.32 bits per heavy atom. The molecule has 0 fully saturated rings. The number of rotatable bonds is 13. The number of carbonyl (C=O) groups excluding carboxylic acids is 1. The van der Waals surface area contributed by atoms with E-state index < -0.39 is 11.9 Å². The summed E-state index contributed by atoms with van der Waals surface area (Å²) in [6.07, 6.45) is 13.9. The van der Waals surface area contributed by atoms with Gasteiger partial charge in [0.2, 0.25) is 0 Å². The van der Waals surface area contributed by atoms with Crippen LogP contribution in [0, 0.1) is 0 Å². The van der Waals surface area contributed by atoms with Crippen LogP contribution in [0.25, 0.3) is 0 Å². The second-order valence-corrected chi connectivity index (χ2v) is 9.18. The SMILES string of the molecule is CCCCP(CCCC)CCCC.CN(C)CCCOC(=O)C(=O)O. The predicted molar refractivity (Wildman–Crippen MR) is 108 cm³/mol. The Hall–Kier alpha value is -0.670. The molecular weight excluding hydrogens is 337 g/mol. The summed E-state index contributed by atoms with van der Waals surface area (Å²) in [4.78, 5) is 22.2. The Morgan fingerprint density at radius 1 is 0.880 bits per heavy atom. The average molecular weight is 378 g/mol. The molecule has 0 saturated carbocycles. The highest BCUT2D eigenvalue weighted by molar-refractivity contribution is 7.57. The van der Waals surface area contributed by atoms with E-state index in [4.69, 9.17) is 5.11 Å². The van der Waals surface area contributed by atoms with E-state index in [1.165, 1.54) is 38.5 Å². The van der Waals surface area contributed by atoms with Crippen molar-refractivity contribution in [3.63, 3.8) is 0 Å². The topological polar surface area (TPSA) is 66.8 Å². The first kappa shape index (κ1) is 26.6. The van der Waals surface area contributed by atoms with Crippen molar-refractivity contribution >= 4 is 19.9 Å². The minimum atomic E-state index is -1.54. The van der Waals surface area contributed by atoms with Gasteiger partial charge < -0.3 is 14.7 Å². The van der Waals surface area contributed by atoms with Gasteiger partial charge in [-0.05, 0) is 58.3 Å². The molecule has 0 rings (SSSR count). The van der Waals surface area contributed by atoms with Gasteiger partial charge in [0.25, 0.3) is 0 Å². The summed E-state index contributed by atoms with van der Waals surface area (Å²) in [5.41, 5.74) is 0. The van der Waals surface area contributed by atoms with Crippen LogP contribution in [0.2, 0.25) is 0 Å². The molecule has 0 spiro atoms. The molecule has 150 valence electrons. The highest BCUT2D eigenvalue weighted by Gasteiger charge is 2.11. The van der Waals surface area contributed by atoms with Crippen molar-refractivity contribution in [2.45, 2.75) is 65.7 Å². The van der Waals surface area contributed by atoms with Gasteiger partial charge in [0.1, 0.15) is 0 Å². The van der Waals surface area contributed by atoms with Gasteiger partial charge in [-0.1, -0.05) is 40.0 Å². The van der Waals surface area contributed by atoms with E-state index >= 15 is 0 Å². The van der Waals surface area contributed by atoms with Gasteiger partial charge in [0.05, 0.1) is 6.61 Å². The summed E-state index contributed by atoms with van der Waals surface area (Å²) in [5.74, 6) is -2.73. The molecule has 0 bridgehead atoms. The van der Waals surface area contributed by atoms with Crippen molar-refractivity contribution in [1.82, 2.24) is 4.90 Å². The highest BCUT2D eigenvalue weighted by atomic mass is 31.1. The number of carboxylic acids is 1. The van der Waals surface area contributed by atoms with E-state index in [0.717, 1.165) is 6.54 Å². The molecular formula is C19H40NO4P. The first-order valence-electron chi connectivity index (χ1n) is 9.66. The third-order valence-corrected chi connectivity index (χ3v) is 6.49. The van der Waals surface area contributed by atoms with Gasteiger partial charge >= 0.3 is 11.9 Å². The molecule has 5 nitrogen and oxygen atoms in total. The molecule has 0 heterocycles. The van der Waals surface area contributed by atoms with Gasteiger partial charge in [-0.25, -0.2) is 9.59 Å². The second kappa shape index (κ2) is 19.7. The van der Waals surface area contributed by atoms with E-state index in [2.05, 4.69) is 25.5 Å². The van der Waals surface area contributed by atoms with Crippen molar-refractivity contribution in [2.24, 2.45) is 0 Å². The molecule has 25 heavy (non-hydrogen) atoms. The van der Waals surface area contributed by atoms with Crippen molar-refractivity contribution in [1.29, 1.82) is 0 Å². The Labute approximate surface area is 156 Å². The molecule has 0 aliphatic heterocycles. The lowest BCUT2D eigenvalue weighted by Crippen LogP contribution is -2.20. The Balaban J connectivity index is 0. The minimum Gasteiger partial charge on any atom is -0.473 e. The zero-order chi connectivity index (χ0) is 19.5. The lowest BCUT2D eigenvalue weighted by Gasteiger charge is -2.16. The maximum absolute atomic E-state index is 10.4. The fourth-order valence-corrected chi connectivity index (χ4v) is 5.05. The number of aliphatic carboxylic acids is 1. The molecule has 0 aromatic rings. The number of esters is 1. The number of ether oxygens (including phenoxy) is 1. The van der Waals surface area contributed by atoms with Crippen LogP contribution >= 0.6 is 7.92 Å². The summed E-state index contributed by atoms with van der Waals surface area (Å²) in [7, 11) is 4.20. The van der Waals surface area contributed by atoms with Crippen LogP contribution in [0.1, 0.15) is 65.7 Å². The summed E-state index contributed by atoms with van der Waals surface area (Å²) in [5, 5.41) is 8.11. The van der Waals surface area contributed by atoms with Crippen LogP contribution in [0.4, 0.5) is 0 Å². The molecule has 0 radical (unpaired) electrons. The summed E-state index contributed by atoms with van der Waals surface area (Å²) >= 11 is 0. The molecule has 0 unspecified atom stereocenters. The maximum atomic E-state index is 10.4. The van der Waals surface area contributed by atoms with Crippen molar-refractivity contribution < 1.29 is 19.4 Å². The Morgan fingerprint density at radius 3 is 1.64 bits per heavy atom. The summed E-state index contributed by atoms with van der Waals surface area (Å²) in [6, 6.07) is 0. The van der Waals surface area contributed by atoms with Gasteiger partial charge in [0, 0.05) is 6.54 Å². The van der Waals surface area contributed by atoms with Gasteiger partial charge in [-0.2, -0.15) is 0 Å². The van der Waals surface area contributed by atoms with Gasteiger partial charge in [0.15, 0.2) is 0 Å². The maximum Gasteiger partial charge on any atom is 0.417 e. The quantitative estimate of drug-likeness (QED) is 0.222. The molecule has 0 atom stereocenters. The third kappa shape index (κ3) is 21.3. The molecule has 0 aliphatic rings. The number of nitrogens with zero attached hydrogens (tertiary/aromatic N) is 1. The molecule has 0 aromatic heterocycles. The van der Waals surface area contributed by atoms with Crippen LogP contribution in [0.15, 0.2) is 0 Å². The average Bonchev–Trinajstić information content (AvgIpc) is 2.58. The highest BCUT2D eigenvalue weighted by Crippen LogP contribution is 2.38. The van der Waals surface area contributed by atoms with E-state index in [1.807, 2.05) is 19.0 Å². The summed E-state index contributed by atoms with van der Waals surface area (Å²) in [6.45, 7) is 7.86. The van der Waals surface area contributed by atoms with Crippen LogP contribution in [-0.2, 0) is 14.3 Å². The van der Waals surface area contributed by atoms with Crippen LogP contribution in [0.5, 0.6) is 0 Å². The standard InChI is InChI=1S/C12H27P.C7H13NO4/c1-4-7-10-13(11-8-5-2)12-9-6-3;1-8(2)4-3-5-12-7(11)6(9)10/h4-12H2,1-3H3;3-5H2,1-2H3,(H,9,10). The fourth-order valence-electron chi connectivity index (χ4n) is 2.09. The Bertz CT molecular complexity index is 306. The molecule has 6 heteroatoms. The lowest BCUT2D eigenvalue weighted by atomic mass is 10.4. The normalized spacial score (nSPS) is 10.5. The second-order valence-electron chi connectivity index (χ2n) is 6.50. The molecule has 1 N–H and O–H groups in total. The minimum absolute atomic E-state index is 0.156. The van der Waals surface area contributed by atoms with Crippen LogP contribution in [0.3, 0.4) is 0 Å². The van der Waals surface area contributed by atoms with E-state index in [1.54, 1.807) is 18.5 Å². The number of carbonyl (C=O) groups is 2. The lowest BCUT2D eigenvalue weighted by molar-refractivity contribution is -0.163. The van der Waals surface area contributed by atoms with Crippen molar-refractivity contribution in [3.8, 4) is 0 Å². The number of hydrogen-bond acceptors (Lipinski definition) is 4. The van der Waals surface area contributed by atoms with E-state index in [0.29, 0.717) is 14.3 Å². The van der Waals surface area contributed by atoms with E-state index in [-0.39, 0.29) is 6.61 Å². The third-order valence-electron chi connectivity index (χ3n) is 3.64. The largest absolute Gasteiger partial charge is 0.473 e. The Kier molecular flexibility index (Phi) is 20.9. The molecule has 0 aromatic carbocycles. The predicted octanol–water partition coefficient (Wildman–Crippen LogP) is 4.43. The molecule has 0 aliphatic carbocycles. The summed E-state index contributed by atoms with van der Waals surface area (Å²) < 4.78 is 4.39. The molecule has 0 saturated heterocycles. The number of hydrogen-bond donors (Lipinski definition) is 1. The van der Waals surface area contributed by atoms with Gasteiger partial charge in [-0.15, -0.1) is 7.92 Å². The van der Waals surface area contributed by atoms with E-state index in [9.17, 15) is 9.59 Å². The number of unbranched alkanes of at least 4 members (excludes halogenated alkanes) is 3. The molecule has 0 amide bonds. The van der Waals surface area contributed by atoms with Gasteiger partial charge in [-0.3, -0.25) is 0 Å².